The van der Waals surface area contributed by atoms with Gasteiger partial charge in [0.2, 0.25) is 5.91 Å². The van der Waals surface area contributed by atoms with Crippen LogP contribution in [0, 0.1) is 11.8 Å². The summed E-state index contributed by atoms with van der Waals surface area (Å²) in [5.74, 6) is 1.87. The molecule has 3 heteroatoms. The maximum absolute atomic E-state index is 11.9. The topological polar surface area (TPSA) is 32.3 Å². The molecule has 1 amide bonds. The van der Waals surface area contributed by atoms with Crippen LogP contribution in [-0.4, -0.2) is 37.5 Å². The highest BCUT2D eigenvalue weighted by Gasteiger charge is 2.34. The molecule has 3 nitrogen and oxygen atoms in total. The number of nitrogens with zero attached hydrogens (tertiary/aromatic N) is 1. The van der Waals surface area contributed by atoms with Gasteiger partial charge in [0.1, 0.15) is 0 Å². The average molecular weight is 224 g/mol. The first kappa shape index (κ1) is 11.9. The molecule has 0 aromatic heterocycles. The molecular formula is C13H24N2O. The number of rotatable bonds is 1. The van der Waals surface area contributed by atoms with E-state index in [1.54, 1.807) is 4.90 Å². The van der Waals surface area contributed by atoms with Gasteiger partial charge in [-0.3, -0.25) is 4.79 Å². The molecule has 1 saturated carbocycles. The van der Waals surface area contributed by atoms with E-state index in [-0.39, 0.29) is 11.9 Å². The summed E-state index contributed by atoms with van der Waals surface area (Å²) in [6.07, 6.45) is 7.89. The maximum Gasteiger partial charge on any atom is 0.239 e. The highest BCUT2D eigenvalue weighted by molar-refractivity contribution is 5.81. The molecule has 1 heterocycles. The van der Waals surface area contributed by atoms with Crippen LogP contribution in [0.1, 0.15) is 38.5 Å². The number of piperidine rings is 1. The summed E-state index contributed by atoms with van der Waals surface area (Å²) in [6, 6.07) is 0.0781. The lowest BCUT2D eigenvalue weighted by molar-refractivity contribution is -0.132. The van der Waals surface area contributed by atoms with Crippen molar-refractivity contribution >= 4 is 5.91 Å². The van der Waals surface area contributed by atoms with Crippen molar-refractivity contribution in [3.63, 3.8) is 0 Å². The predicted molar refractivity (Wildman–Crippen MR) is 65.2 cm³/mol. The fraction of sp³-hybridized carbons (Fsp3) is 0.923. The molecule has 2 aliphatic rings. The molecule has 0 radical (unpaired) electrons. The molecule has 2 rings (SSSR count). The van der Waals surface area contributed by atoms with E-state index < -0.39 is 0 Å². The maximum atomic E-state index is 11.9. The highest BCUT2D eigenvalue weighted by Crippen LogP contribution is 2.34. The van der Waals surface area contributed by atoms with Crippen molar-refractivity contribution in [2.24, 2.45) is 11.8 Å². The van der Waals surface area contributed by atoms with E-state index in [0.717, 1.165) is 24.8 Å². The summed E-state index contributed by atoms with van der Waals surface area (Å²) in [7, 11) is 3.70. The Kier molecular flexibility index (Phi) is 3.85. The third-order valence-corrected chi connectivity index (χ3v) is 4.22. The van der Waals surface area contributed by atoms with Gasteiger partial charge in [-0.05, 0) is 31.2 Å². The Labute approximate surface area is 98.6 Å². The van der Waals surface area contributed by atoms with Crippen molar-refractivity contribution < 1.29 is 4.79 Å². The highest BCUT2D eigenvalue weighted by atomic mass is 16.2. The van der Waals surface area contributed by atoms with E-state index in [1.807, 2.05) is 14.1 Å². The number of nitrogens with one attached hydrogen (secondary N) is 1. The summed E-state index contributed by atoms with van der Waals surface area (Å²) in [5, 5.41) is 3.44. The number of hydrogen-bond donors (Lipinski definition) is 1. The van der Waals surface area contributed by atoms with Crippen LogP contribution in [0.25, 0.3) is 0 Å². The van der Waals surface area contributed by atoms with Crippen molar-refractivity contribution in [2.45, 2.75) is 44.6 Å². The lowest BCUT2D eigenvalue weighted by atomic mass is 9.79. The minimum Gasteiger partial charge on any atom is -0.347 e. The molecule has 1 aliphatic carbocycles. The zero-order chi connectivity index (χ0) is 11.5. The summed E-state index contributed by atoms with van der Waals surface area (Å²) in [5.41, 5.74) is 0. The summed E-state index contributed by atoms with van der Waals surface area (Å²) in [4.78, 5) is 13.6. The minimum atomic E-state index is 0.0781. The number of carbonyl (C=O) groups excluding carboxylic acids is 1. The van der Waals surface area contributed by atoms with Crippen molar-refractivity contribution in [1.29, 1.82) is 0 Å². The van der Waals surface area contributed by atoms with Gasteiger partial charge in [-0.25, -0.2) is 0 Å². The molecule has 2 fully saturated rings. The van der Waals surface area contributed by atoms with Gasteiger partial charge in [0.15, 0.2) is 0 Å². The van der Waals surface area contributed by atoms with E-state index in [1.165, 1.54) is 32.1 Å². The van der Waals surface area contributed by atoms with Crippen LogP contribution in [-0.2, 0) is 4.79 Å². The second-order valence-electron chi connectivity index (χ2n) is 5.59. The van der Waals surface area contributed by atoms with E-state index in [2.05, 4.69) is 5.32 Å². The normalized spacial score (nSPS) is 35.0. The van der Waals surface area contributed by atoms with Crippen molar-refractivity contribution in [1.82, 2.24) is 10.2 Å². The SMILES string of the molecule is CN(C)C(=O)C1CC2CCCCCC2CN1. The van der Waals surface area contributed by atoms with E-state index in [4.69, 9.17) is 0 Å². The molecule has 0 bridgehead atoms. The van der Waals surface area contributed by atoms with Gasteiger partial charge in [0.25, 0.3) is 0 Å². The summed E-state index contributed by atoms with van der Waals surface area (Å²) < 4.78 is 0. The summed E-state index contributed by atoms with van der Waals surface area (Å²) >= 11 is 0. The zero-order valence-corrected chi connectivity index (χ0v) is 10.5. The largest absolute Gasteiger partial charge is 0.347 e. The molecule has 1 N–H and O–H groups in total. The van der Waals surface area contributed by atoms with E-state index in [0.29, 0.717) is 0 Å². The molecule has 3 atom stereocenters. The van der Waals surface area contributed by atoms with Gasteiger partial charge in [0.05, 0.1) is 6.04 Å². The second kappa shape index (κ2) is 5.17. The monoisotopic (exact) mass is 224 g/mol. The Morgan fingerprint density at radius 2 is 1.81 bits per heavy atom. The zero-order valence-electron chi connectivity index (χ0n) is 10.5. The van der Waals surface area contributed by atoms with Gasteiger partial charge in [0, 0.05) is 14.1 Å². The van der Waals surface area contributed by atoms with Crippen molar-refractivity contribution in [2.75, 3.05) is 20.6 Å². The van der Waals surface area contributed by atoms with Crippen molar-refractivity contribution in [3.8, 4) is 0 Å². The Morgan fingerprint density at radius 1 is 1.12 bits per heavy atom. The van der Waals surface area contributed by atoms with E-state index >= 15 is 0 Å². The van der Waals surface area contributed by atoms with Crippen LogP contribution in [0.5, 0.6) is 0 Å². The average Bonchev–Trinajstić information content (AvgIpc) is 2.51. The Balaban J connectivity index is 1.95. The van der Waals surface area contributed by atoms with Gasteiger partial charge in [-0.2, -0.15) is 0 Å². The standard InChI is InChI=1S/C13H24N2O/c1-15(2)13(16)12-8-10-6-4-3-5-7-11(10)9-14-12/h10-12,14H,3-9H2,1-2H3. The van der Waals surface area contributed by atoms with Crippen LogP contribution in [0.15, 0.2) is 0 Å². The molecule has 0 aromatic rings. The van der Waals surface area contributed by atoms with Gasteiger partial charge >= 0.3 is 0 Å². The molecule has 1 aliphatic heterocycles. The van der Waals surface area contributed by atoms with E-state index in [9.17, 15) is 4.79 Å². The Hall–Kier alpha value is -0.570. The van der Waals surface area contributed by atoms with Crippen LogP contribution >= 0.6 is 0 Å². The molecule has 0 spiro atoms. The lowest BCUT2D eigenvalue weighted by Crippen LogP contribution is -2.51. The number of fused-ring (bicyclic) bond motifs is 1. The summed E-state index contributed by atoms with van der Waals surface area (Å²) in [6.45, 7) is 1.05. The number of hydrogen-bond acceptors (Lipinski definition) is 2. The molecule has 16 heavy (non-hydrogen) atoms. The van der Waals surface area contributed by atoms with Gasteiger partial charge in [-0.1, -0.05) is 25.7 Å². The molecular weight excluding hydrogens is 200 g/mol. The first-order chi connectivity index (χ1) is 7.68. The number of likely N-dealkylation sites (N-methyl/N-ethyl adjacent to an activating group) is 1. The van der Waals surface area contributed by atoms with Gasteiger partial charge < -0.3 is 10.2 Å². The molecule has 0 aromatic carbocycles. The minimum absolute atomic E-state index is 0.0781. The van der Waals surface area contributed by atoms with Crippen molar-refractivity contribution in [3.05, 3.63) is 0 Å². The Morgan fingerprint density at radius 3 is 2.50 bits per heavy atom. The number of carbonyl (C=O) groups is 1. The third kappa shape index (κ3) is 2.57. The van der Waals surface area contributed by atoms with Crippen LogP contribution in [0.2, 0.25) is 0 Å². The smallest absolute Gasteiger partial charge is 0.239 e. The fourth-order valence-corrected chi connectivity index (χ4v) is 3.22. The second-order valence-corrected chi connectivity index (χ2v) is 5.59. The fourth-order valence-electron chi connectivity index (χ4n) is 3.22. The van der Waals surface area contributed by atoms with Crippen LogP contribution in [0.3, 0.4) is 0 Å². The van der Waals surface area contributed by atoms with Gasteiger partial charge in [-0.15, -0.1) is 0 Å². The quantitative estimate of drug-likeness (QED) is 0.734. The predicted octanol–water partition coefficient (Wildman–Crippen LogP) is 1.63. The first-order valence-electron chi connectivity index (χ1n) is 6.63. The molecule has 3 unspecified atom stereocenters. The first-order valence-corrected chi connectivity index (χ1v) is 6.63. The van der Waals surface area contributed by atoms with Crippen LogP contribution < -0.4 is 5.32 Å². The van der Waals surface area contributed by atoms with Crippen LogP contribution in [0.4, 0.5) is 0 Å². The molecule has 92 valence electrons. The Bertz CT molecular complexity index is 252. The third-order valence-electron chi connectivity index (χ3n) is 4.22. The number of amides is 1. The molecule has 1 saturated heterocycles. The lowest BCUT2D eigenvalue weighted by Gasteiger charge is -2.36.